The molecular formula is C26H28N2O3S. The number of likely N-dealkylation sites (tertiary alicyclic amines) is 1. The third kappa shape index (κ3) is 5.56. The Morgan fingerprint density at radius 3 is 2.72 bits per heavy atom. The van der Waals surface area contributed by atoms with Gasteiger partial charge in [0.05, 0.1) is 7.11 Å². The Morgan fingerprint density at radius 1 is 1.12 bits per heavy atom. The molecule has 1 aliphatic rings. The smallest absolute Gasteiger partial charge is 0.253 e. The molecule has 2 aromatic carbocycles. The Bertz CT molecular complexity index is 1050. The second kappa shape index (κ2) is 10.5. The molecule has 1 aliphatic heterocycles. The second-order valence-electron chi connectivity index (χ2n) is 8.07. The van der Waals surface area contributed by atoms with Crippen LogP contribution in [0.4, 0.5) is 5.69 Å². The molecule has 3 aromatic rings. The maximum absolute atomic E-state index is 13.1. The van der Waals surface area contributed by atoms with E-state index in [2.05, 4.69) is 28.9 Å². The highest BCUT2D eigenvalue weighted by molar-refractivity contribution is 7.09. The Balaban J connectivity index is 1.31. The standard InChI is InChI=1S/C26H28N2O3S/c1-31-23-12-10-19(11-13-23)21-14-15-28(18-21)26(30)20-5-2-6-22(17-20)27-25(29)9-3-7-24-8-4-16-32-24/h2,4-6,8,10-13,16-17,21H,3,7,9,14-15,18H2,1H3,(H,27,29). The minimum absolute atomic E-state index is 0.00908. The number of carbonyl (C=O) groups excluding carboxylic acids is 2. The normalized spacial score (nSPS) is 15.5. The van der Waals surface area contributed by atoms with Crippen LogP contribution in [0.1, 0.15) is 46.0 Å². The number of ether oxygens (including phenoxy) is 1. The minimum atomic E-state index is -0.0214. The van der Waals surface area contributed by atoms with Crippen molar-refractivity contribution in [1.82, 2.24) is 4.90 Å². The SMILES string of the molecule is COc1ccc(C2CCN(C(=O)c3cccc(NC(=O)CCCc4cccs4)c3)C2)cc1. The number of hydrogen-bond donors (Lipinski definition) is 1. The lowest BCUT2D eigenvalue weighted by atomic mass is 9.98. The monoisotopic (exact) mass is 448 g/mol. The number of anilines is 1. The largest absolute Gasteiger partial charge is 0.497 e. The van der Waals surface area contributed by atoms with Crippen LogP contribution >= 0.6 is 11.3 Å². The molecule has 0 bridgehead atoms. The van der Waals surface area contributed by atoms with Crippen molar-refractivity contribution in [2.75, 3.05) is 25.5 Å². The number of benzene rings is 2. The fourth-order valence-corrected chi connectivity index (χ4v) is 4.86. The number of nitrogens with zero attached hydrogens (tertiary/aromatic N) is 1. The van der Waals surface area contributed by atoms with Crippen LogP contribution in [-0.4, -0.2) is 36.9 Å². The summed E-state index contributed by atoms with van der Waals surface area (Å²) < 4.78 is 5.23. The Kier molecular flexibility index (Phi) is 7.22. The van der Waals surface area contributed by atoms with Gasteiger partial charge in [-0.3, -0.25) is 9.59 Å². The molecule has 1 atom stereocenters. The van der Waals surface area contributed by atoms with Crippen molar-refractivity contribution in [3.8, 4) is 5.75 Å². The van der Waals surface area contributed by atoms with E-state index in [1.54, 1.807) is 24.5 Å². The summed E-state index contributed by atoms with van der Waals surface area (Å²) in [4.78, 5) is 28.6. The lowest BCUT2D eigenvalue weighted by Crippen LogP contribution is -2.28. The van der Waals surface area contributed by atoms with E-state index in [4.69, 9.17) is 4.74 Å². The zero-order chi connectivity index (χ0) is 22.3. The number of hydrogen-bond acceptors (Lipinski definition) is 4. The third-order valence-electron chi connectivity index (χ3n) is 5.86. The number of amides is 2. The van der Waals surface area contributed by atoms with Gasteiger partial charge in [-0.2, -0.15) is 0 Å². The van der Waals surface area contributed by atoms with E-state index in [-0.39, 0.29) is 11.8 Å². The van der Waals surface area contributed by atoms with Crippen molar-refractivity contribution >= 4 is 28.8 Å². The van der Waals surface area contributed by atoms with Crippen molar-refractivity contribution in [1.29, 1.82) is 0 Å². The number of rotatable bonds is 8. The van der Waals surface area contributed by atoms with Crippen molar-refractivity contribution in [2.45, 2.75) is 31.6 Å². The summed E-state index contributed by atoms with van der Waals surface area (Å²) in [6, 6.07) is 19.5. The first-order chi connectivity index (χ1) is 15.6. The Morgan fingerprint density at radius 2 is 1.97 bits per heavy atom. The molecule has 2 heterocycles. The first kappa shape index (κ1) is 22.1. The van der Waals surface area contributed by atoms with Gasteiger partial charge < -0.3 is 15.0 Å². The highest BCUT2D eigenvalue weighted by Crippen LogP contribution is 2.29. The van der Waals surface area contributed by atoms with Crippen molar-refractivity contribution in [2.24, 2.45) is 0 Å². The van der Waals surface area contributed by atoms with Gasteiger partial charge in [0.2, 0.25) is 5.91 Å². The van der Waals surface area contributed by atoms with Crippen LogP contribution in [0.3, 0.4) is 0 Å². The molecule has 0 spiro atoms. The van der Waals surface area contributed by atoms with Crippen LogP contribution in [0.2, 0.25) is 0 Å². The first-order valence-electron chi connectivity index (χ1n) is 11.0. The lowest BCUT2D eigenvalue weighted by Gasteiger charge is -2.17. The summed E-state index contributed by atoms with van der Waals surface area (Å²) in [5.74, 6) is 1.16. The van der Waals surface area contributed by atoms with Crippen LogP contribution in [0.15, 0.2) is 66.0 Å². The fourth-order valence-electron chi connectivity index (χ4n) is 4.11. The predicted octanol–water partition coefficient (Wildman–Crippen LogP) is 5.35. The number of thiophene rings is 1. The van der Waals surface area contributed by atoms with Gasteiger partial charge in [-0.05, 0) is 66.6 Å². The molecule has 1 fully saturated rings. The molecule has 0 aliphatic carbocycles. The average molecular weight is 449 g/mol. The number of nitrogens with one attached hydrogen (secondary N) is 1. The van der Waals surface area contributed by atoms with Gasteiger partial charge in [0.15, 0.2) is 0 Å². The summed E-state index contributed by atoms with van der Waals surface area (Å²) in [6.07, 6.45) is 3.13. The zero-order valence-corrected chi connectivity index (χ0v) is 19.1. The quantitative estimate of drug-likeness (QED) is 0.505. The van der Waals surface area contributed by atoms with Gasteiger partial charge in [-0.15, -0.1) is 11.3 Å². The highest BCUT2D eigenvalue weighted by Gasteiger charge is 2.28. The maximum atomic E-state index is 13.1. The second-order valence-corrected chi connectivity index (χ2v) is 9.10. The molecule has 1 saturated heterocycles. The Labute approximate surface area is 193 Å². The Hall–Kier alpha value is -3.12. The predicted molar refractivity (Wildman–Crippen MR) is 129 cm³/mol. The summed E-state index contributed by atoms with van der Waals surface area (Å²) in [6.45, 7) is 1.43. The lowest BCUT2D eigenvalue weighted by molar-refractivity contribution is -0.116. The van der Waals surface area contributed by atoms with E-state index in [0.717, 1.165) is 31.6 Å². The van der Waals surface area contributed by atoms with Crippen LogP contribution in [0.5, 0.6) is 5.75 Å². The zero-order valence-electron chi connectivity index (χ0n) is 18.3. The topological polar surface area (TPSA) is 58.6 Å². The van der Waals surface area contributed by atoms with Crippen LogP contribution in [-0.2, 0) is 11.2 Å². The van der Waals surface area contributed by atoms with Gasteiger partial charge in [-0.1, -0.05) is 24.3 Å². The molecule has 0 saturated carbocycles. The molecule has 166 valence electrons. The van der Waals surface area contributed by atoms with E-state index in [1.165, 1.54) is 10.4 Å². The maximum Gasteiger partial charge on any atom is 0.253 e. The highest BCUT2D eigenvalue weighted by atomic mass is 32.1. The van der Waals surface area contributed by atoms with E-state index < -0.39 is 0 Å². The number of carbonyl (C=O) groups is 2. The van der Waals surface area contributed by atoms with Crippen molar-refractivity contribution in [3.63, 3.8) is 0 Å². The average Bonchev–Trinajstić information content (AvgIpc) is 3.51. The molecule has 5 nitrogen and oxygen atoms in total. The molecule has 1 N–H and O–H groups in total. The summed E-state index contributed by atoms with van der Waals surface area (Å²) in [5.41, 5.74) is 2.50. The summed E-state index contributed by atoms with van der Waals surface area (Å²) >= 11 is 1.72. The molecule has 0 radical (unpaired) electrons. The molecule has 1 aromatic heterocycles. The minimum Gasteiger partial charge on any atom is -0.497 e. The summed E-state index contributed by atoms with van der Waals surface area (Å²) in [5, 5.41) is 4.99. The molecule has 4 rings (SSSR count). The van der Waals surface area contributed by atoms with Gasteiger partial charge in [0.1, 0.15) is 5.75 Å². The van der Waals surface area contributed by atoms with Crippen LogP contribution in [0.25, 0.3) is 0 Å². The third-order valence-corrected chi connectivity index (χ3v) is 6.80. The molecular weight excluding hydrogens is 420 g/mol. The molecule has 2 amide bonds. The van der Waals surface area contributed by atoms with Crippen molar-refractivity contribution < 1.29 is 14.3 Å². The molecule has 6 heteroatoms. The summed E-state index contributed by atoms with van der Waals surface area (Å²) in [7, 11) is 1.66. The number of methoxy groups -OCH3 is 1. The molecule has 1 unspecified atom stereocenters. The fraction of sp³-hybridized carbons (Fsp3) is 0.308. The number of aryl methyl sites for hydroxylation is 1. The van der Waals surface area contributed by atoms with Gasteiger partial charge in [0.25, 0.3) is 5.91 Å². The van der Waals surface area contributed by atoms with Gasteiger partial charge in [-0.25, -0.2) is 0 Å². The van der Waals surface area contributed by atoms with Gasteiger partial charge in [0, 0.05) is 41.6 Å². The van der Waals surface area contributed by atoms with Crippen LogP contribution in [0, 0.1) is 0 Å². The van der Waals surface area contributed by atoms with Gasteiger partial charge >= 0.3 is 0 Å². The van der Waals surface area contributed by atoms with Crippen LogP contribution < -0.4 is 10.1 Å². The van der Waals surface area contributed by atoms with E-state index in [9.17, 15) is 9.59 Å². The molecule has 32 heavy (non-hydrogen) atoms. The van der Waals surface area contributed by atoms with E-state index >= 15 is 0 Å². The van der Waals surface area contributed by atoms with E-state index in [1.807, 2.05) is 41.3 Å². The first-order valence-corrected chi connectivity index (χ1v) is 11.9. The van der Waals surface area contributed by atoms with E-state index in [0.29, 0.717) is 30.1 Å². The van der Waals surface area contributed by atoms with Crippen molar-refractivity contribution in [3.05, 3.63) is 82.0 Å².